The number of aliphatic hydroxyl groups excluding tert-OH is 1. The number of hydrogen-bond acceptors (Lipinski definition) is 3. The van der Waals surface area contributed by atoms with Gasteiger partial charge in [-0.2, -0.15) is 0 Å². The minimum absolute atomic E-state index is 0.205. The second-order valence-corrected chi connectivity index (χ2v) is 5.54. The van der Waals surface area contributed by atoms with Gasteiger partial charge in [0, 0.05) is 27.1 Å². The molecule has 1 N–H and O–H groups in total. The molecule has 0 aromatic carbocycles. The summed E-state index contributed by atoms with van der Waals surface area (Å²) < 4.78 is 5.33. The summed E-state index contributed by atoms with van der Waals surface area (Å²) in [5.41, 5.74) is 0. The number of hydrogen-bond donors (Lipinski definition) is 1. The maximum atomic E-state index is 12.0. The van der Waals surface area contributed by atoms with Crippen molar-refractivity contribution < 1.29 is 14.6 Å². The second kappa shape index (κ2) is 7.74. The molecule has 1 fully saturated rings. The molecule has 0 spiro atoms. The SMILES string of the molecule is COC1CCC(CC(=O)N(C)CCC(C)O)CC1. The van der Waals surface area contributed by atoms with Crippen LogP contribution in [0.2, 0.25) is 0 Å². The molecule has 0 radical (unpaired) electrons. The van der Waals surface area contributed by atoms with Crippen LogP contribution in [0.3, 0.4) is 0 Å². The van der Waals surface area contributed by atoms with Crippen molar-refractivity contribution in [1.29, 1.82) is 0 Å². The molecule has 0 aromatic heterocycles. The molecule has 1 aliphatic rings. The predicted octanol–water partition coefficient (Wildman–Crippen LogP) is 1.81. The molecule has 1 unspecified atom stereocenters. The summed E-state index contributed by atoms with van der Waals surface area (Å²) in [6.45, 7) is 2.40. The van der Waals surface area contributed by atoms with E-state index in [4.69, 9.17) is 4.74 Å². The first-order valence-corrected chi connectivity index (χ1v) is 6.97. The Bertz CT molecular complexity index is 247. The molecule has 1 atom stereocenters. The molecule has 4 heteroatoms. The summed E-state index contributed by atoms with van der Waals surface area (Å²) in [4.78, 5) is 13.7. The predicted molar refractivity (Wildman–Crippen MR) is 71.3 cm³/mol. The molecular weight excluding hydrogens is 230 g/mol. The summed E-state index contributed by atoms with van der Waals surface area (Å²) in [6, 6.07) is 0. The number of rotatable bonds is 6. The highest BCUT2D eigenvalue weighted by Crippen LogP contribution is 2.28. The van der Waals surface area contributed by atoms with E-state index in [1.165, 1.54) is 0 Å². The maximum absolute atomic E-state index is 12.0. The van der Waals surface area contributed by atoms with Crippen LogP contribution in [0.1, 0.15) is 45.4 Å². The number of nitrogens with zero attached hydrogens (tertiary/aromatic N) is 1. The van der Waals surface area contributed by atoms with Gasteiger partial charge in [0.15, 0.2) is 0 Å². The van der Waals surface area contributed by atoms with Crippen molar-refractivity contribution in [1.82, 2.24) is 4.90 Å². The van der Waals surface area contributed by atoms with Gasteiger partial charge in [-0.1, -0.05) is 0 Å². The van der Waals surface area contributed by atoms with Gasteiger partial charge in [-0.15, -0.1) is 0 Å². The van der Waals surface area contributed by atoms with Crippen LogP contribution in [0.4, 0.5) is 0 Å². The highest BCUT2D eigenvalue weighted by molar-refractivity contribution is 5.76. The highest BCUT2D eigenvalue weighted by Gasteiger charge is 2.23. The largest absolute Gasteiger partial charge is 0.393 e. The Morgan fingerprint density at radius 1 is 1.39 bits per heavy atom. The lowest BCUT2D eigenvalue weighted by Gasteiger charge is -2.28. The molecule has 0 heterocycles. The van der Waals surface area contributed by atoms with E-state index < -0.39 is 0 Å². The van der Waals surface area contributed by atoms with Crippen LogP contribution in [0.25, 0.3) is 0 Å². The van der Waals surface area contributed by atoms with Crippen molar-refractivity contribution >= 4 is 5.91 Å². The molecule has 1 rings (SSSR count). The van der Waals surface area contributed by atoms with Gasteiger partial charge >= 0.3 is 0 Å². The van der Waals surface area contributed by atoms with Crippen LogP contribution in [0.5, 0.6) is 0 Å². The second-order valence-electron chi connectivity index (χ2n) is 5.54. The number of amides is 1. The minimum atomic E-state index is -0.336. The van der Waals surface area contributed by atoms with E-state index in [1.54, 1.807) is 18.9 Å². The van der Waals surface area contributed by atoms with E-state index in [9.17, 15) is 9.90 Å². The fraction of sp³-hybridized carbons (Fsp3) is 0.929. The summed E-state index contributed by atoms with van der Waals surface area (Å²) in [5, 5.41) is 9.21. The van der Waals surface area contributed by atoms with Gasteiger partial charge in [-0.25, -0.2) is 0 Å². The van der Waals surface area contributed by atoms with Gasteiger partial charge in [0.1, 0.15) is 0 Å². The van der Waals surface area contributed by atoms with Crippen molar-refractivity contribution in [2.75, 3.05) is 20.7 Å². The lowest BCUT2D eigenvalue weighted by Crippen LogP contribution is -2.32. The van der Waals surface area contributed by atoms with Gasteiger partial charge in [-0.3, -0.25) is 4.79 Å². The first-order valence-electron chi connectivity index (χ1n) is 6.97. The van der Waals surface area contributed by atoms with Crippen LogP contribution >= 0.6 is 0 Å². The van der Waals surface area contributed by atoms with Gasteiger partial charge in [0.2, 0.25) is 5.91 Å². The van der Waals surface area contributed by atoms with E-state index in [1.807, 2.05) is 7.05 Å². The molecule has 1 saturated carbocycles. The van der Waals surface area contributed by atoms with Crippen LogP contribution in [0, 0.1) is 5.92 Å². The first kappa shape index (κ1) is 15.4. The third-order valence-corrected chi connectivity index (χ3v) is 3.90. The number of methoxy groups -OCH3 is 1. The molecule has 0 aromatic rings. The summed E-state index contributed by atoms with van der Waals surface area (Å²) in [6.07, 6.45) is 5.69. The van der Waals surface area contributed by atoms with E-state index in [0.29, 0.717) is 31.4 Å². The molecule has 106 valence electrons. The minimum Gasteiger partial charge on any atom is -0.393 e. The third-order valence-electron chi connectivity index (χ3n) is 3.90. The zero-order valence-electron chi connectivity index (χ0n) is 11.9. The Morgan fingerprint density at radius 2 is 2.00 bits per heavy atom. The van der Waals surface area contributed by atoms with Gasteiger partial charge in [-0.05, 0) is 44.9 Å². The van der Waals surface area contributed by atoms with E-state index >= 15 is 0 Å². The fourth-order valence-electron chi connectivity index (χ4n) is 2.48. The summed E-state index contributed by atoms with van der Waals surface area (Å²) >= 11 is 0. The van der Waals surface area contributed by atoms with Gasteiger partial charge in [0.25, 0.3) is 0 Å². The van der Waals surface area contributed by atoms with Crippen LogP contribution in [-0.4, -0.2) is 48.8 Å². The molecule has 18 heavy (non-hydrogen) atoms. The molecule has 1 aliphatic carbocycles. The van der Waals surface area contributed by atoms with Crippen molar-refractivity contribution in [3.8, 4) is 0 Å². The quantitative estimate of drug-likeness (QED) is 0.789. The van der Waals surface area contributed by atoms with E-state index in [0.717, 1.165) is 25.7 Å². The molecule has 4 nitrogen and oxygen atoms in total. The average Bonchev–Trinajstić information content (AvgIpc) is 2.36. The van der Waals surface area contributed by atoms with Crippen molar-refractivity contribution in [3.05, 3.63) is 0 Å². The van der Waals surface area contributed by atoms with Crippen LogP contribution < -0.4 is 0 Å². The zero-order chi connectivity index (χ0) is 13.5. The summed E-state index contributed by atoms with van der Waals surface area (Å²) in [7, 11) is 3.59. The van der Waals surface area contributed by atoms with Gasteiger partial charge in [0.05, 0.1) is 12.2 Å². The number of aliphatic hydroxyl groups is 1. The molecular formula is C14H27NO3. The summed E-state index contributed by atoms with van der Waals surface area (Å²) in [5.74, 6) is 0.717. The van der Waals surface area contributed by atoms with E-state index in [2.05, 4.69) is 0 Å². The molecule has 0 aliphatic heterocycles. The average molecular weight is 257 g/mol. The van der Waals surface area contributed by atoms with Crippen LogP contribution in [0.15, 0.2) is 0 Å². The normalized spacial score (nSPS) is 25.8. The lowest BCUT2D eigenvalue weighted by molar-refractivity contribution is -0.131. The maximum Gasteiger partial charge on any atom is 0.222 e. The Hall–Kier alpha value is -0.610. The Balaban J connectivity index is 2.23. The first-order chi connectivity index (χ1) is 8.52. The zero-order valence-corrected chi connectivity index (χ0v) is 11.9. The van der Waals surface area contributed by atoms with Crippen molar-refractivity contribution in [2.45, 2.75) is 57.7 Å². The van der Waals surface area contributed by atoms with E-state index in [-0.39, 0.29) is 12.0 Å². The smallest absolute Gasteiger partial charge is 0.222 e. The highest BCUT2D eigenvalue weighted by atomic mass is 16.5. The van der Waals surface area contributed by atoms with Crippen molar-refractivity contribution in [2.24, 2.45) is 5.92 Å². The number of ether oxygens (including phenoxy) is 1. The molecule has 1 amide bonds. The topological polar surface area (TPSA) is 49.8 Å². The lowest BCUT2D eigenvalue weighted by atomic mass is 9.85. The third kappa shape index (κ3) is 5.36. The monoisotopic (exact) mass is 257 g/mol. The van der Waals surface area contributed by atoms with Crippen LogP contribution in [-0.2, 0) is 9.53 Å². The Kier molecular flexibility index (Phi) is 6.65. The number of carbonyl (C=O) groups is 1. The Morgan fingerprint density at radius 3 is 2.50 bits per heavy atom. The molecule has 0 bridgehead atoms. The standard InChI is InChI=1S/C14H27NO3/c1-11(16)8-9-15(2)14(17)10-12-4-6-13(18-3)7-5-12/h11-13,16H,4-10H2,1-3H3. The van der Waals surface area contributed by atoms with Crippen molar-refractivity contribution in [3.63, 3.8) is 0 Å². The fourth-order valence-corrected chi connectivity index (χ4v) is 2.48. The number of carbonyl (C=O) groups excluding carboxylic acids is 1. The Labute approximate surface area is 110 Å². The molecule has 0 saturated heterocycles. The van der Waals surface area contributed by atoms with Gasteiger partial charge < -0.3 is 14.7 Å².